The van der Waals surface area contributed by atoms with E-state index in [2.05, 4.69) is 52.8 Å². The predicted octanol–water partition coefficient (Wildman–Crippen LogP) is 4.41. The van der Waals surface area contributed by atoms with Gasteiger partial charge in [-0.15, -0.1) is 0 Å². The number of hydrazone groups is 1. The molecule has 26 heavy (non-hydrogen) atoms. The van der Waals surface area contributed by atoms with Crippen LogP contribution in [-0.2, 0) is 5.41 Å². The molecule has 0 saturated heterocycles. The number of allylic oxidation sites excluding steroid dienone is 2. The first kappa shape index (κ1) is 18.1. The van der Waals surface area contributed by atoms with E-state index in [0.29, 0.717) is 5.69 Å². The van der Waals surface area contributed by atoms with Crippen LogP contribution in [0.15, 0.2) is 65.4 Å². The normalized spacial score (nSPS) is 16.8. The summed E-state index contributed by atoms with van der Waals surface area (Å²) in [4.78, 5) is 2.16. The maximum atomic E-state index is 13.6. The molecule has 0 saturated carbocycles. The Morgan fingerprint density at radius 2 is 1.85 bits per heavy atom. The summed E-state index contributed by atoms with van der Waals surface area (Å²) < 4.78 is 13.6. The molecule has 2 aromatic rings. The number of nitrogens with one attached hydrogen (secondary N) is 2. The number of hydrogen-bond acceptors (Lipinski definition) is 3. The fourth-order valence-corrected chi connectivity index (χ4v) is 3.38. The molecule has 2 N–H and O–H groups in total. The Labute approximate surface area is 158 Å². The first-order valence-corrected chi connectivity index (χ1v) is 8.70. The van der Waals surface area contributed by atoms with Crippen LogP contribution in [0.2, 0.25) is 0 Å². The maximum Gasteiger partial charge on any atom is 0.191 e. The summed E-state index contributed by atoms with van der Waals surface area (Å²) in [6, 6.07) is 14.7. The Kier molecular flexibility index (Phi) is 5.04. The monoisotopic (exact) mass is 368 g/mol. The average Bonchev–Trinajstić information content (AvgIpc) is 2.81. The molecule has 1 aliphatic heterocycles. The molecule has 134 valence electrons. The summed E-state index contributed by atoms with van der Waals surface area (Å²) in [5, 5.41) is 7.13. The van der Waals surface area contributed by atoms with Crippen LogP contribution in [-0.4, -0.2) is 18.4 Å². The van der Waals surface area contributed by atoms with Crippen molar-refractivity contribution in [3.8, 4) is 0 Å². The first-order valence-electron chi connectivity index (χ1n) is 8.30. The van der Waals surface area contributed by atoms with Gasteiger partial charge in [-0.1, -0.05) is 44.2 Å². The molecule has 0 amide bonds. The number of thiocarbonyl (C=S) groups is 1. The summed E-state index contributed by atoms with van der Waals surface area (Å²) >= 11 is 5.14. The van der Waals surface area contributed by atoms with Crippen LogP contribution in [0.25, 0.3) is 0 Å². The number of rotatable bonds is 3. The van der Waals surface area contributed by atoms with E-state index in [1.165, 1.54) is 17.3 Å². The quantitative estimate of drug-likeness (QED) is 0.478. The third-order valence-corrected chi connectivity index (χ3v) is 4.73. The van der Waals surface area contributed by atoms with Crippen LogP contribution in [0.4, 0.5) is 15.8 Å². The van der Waals surface area contributed by atoms with Gasteiger partial charge >= 0.3 is 0 Å². The lowest BCUT2D eigenvalue weighted by Gasteiger charge is -2.23. The molecule has 0 unspecified atom stereocenters. The van der Waals surface area contributed by atoms with Gasteiger partial charge in [-0.3, -0.25) is 5.43 Å². The van der Waals surface area contributed by atoms with Crippen molar-refractivity contribution in [3.63, 3.8) is 0 Å². The standard InChI is InChI=1S/C20H21FN4S/c1-20(2)14-8-4-7-11-17(14)25(3)18(20)12-13-22-24-19(26)23-16-10-6-5-9-15(16)21/h4-13H,1-3H3,(H2,23,24,26). The molecule has 6 heteroatoms. The maximum absolute atomic E-state index is 13.6. The van der Waals surface area contributed by atoms with Crippen molar-refractivity contribution in [1.29, 1.82) is 0 Å². The van der Waals surface area contributed by atoms with Gasteiger partial charge in [-0.05, 0) is 42.1 Å². The summed E-state index contributed by atoms with van der Waals surface area (Å²) in [6.07, 6.45) is 3.62. The van der Waals surface area contributed by atoms with E-state index in [1.807, 2.05) is 19.2 Å². The van der Waals surface area contributed by atoms with E-state index in [9.17, 15) is 4.39 Å². The Balaban J connectivity index is 1.67. The topological polar surface area (TPSA) is 39.7 Å². The molecule has 4 nitrogen and oxygen atoms in total. The number of halogens is 1. The molecular formula is C20H21FN4S. The molecule has 0 aliphatic carbocycles. The largest absolute Gasteiger partial charge is 0.347 e. The molecule has 1 heterocycles. The van der Waals surface area contributed by atoms with Crippen molar-refractivity contribution in [2.24, 2.45) is 5.10 Å². The van der Waals surface area contributed by atoms with Crippen molar-refractivity contribution < 1.29 is 4.39 Å². The van der Waals surface area contributed by atoms with E-state index in [4.69, 9.17) is 12.2 Å². The Morgan fingerprint density at radius 1 is 1.15 bits per heavy atom. The highest BCUT2D eigenvalue weighted by Crippen LogP contribution is 2.46. The van der Waals surface area contributed by atoms with Crippen LogP contribution in [0, 0.1) is 5.82 Å². The molecule has 0 bridgehead atoms. The van der Waals surface area contributed by atoms with Crippen molar-refractivity contribution in [2.75, 3.05) is 17.3 Å². The molecule has 2 aromatic carbocycles. The Bertz CT molecular complexity index is 889. The van der Waals surface area contributed by atoms with Gasteiger partial charge in [-0.2, -0.15) is 5.10 Å². The number of benzene rings is 2. The number of nitrogens with zero attached hydrogens (tertiary/aromatic N) is 2. The van der Waals surface area contributed by atoms with Crippen LogP contribution >= 0.6 is 12.2 Å². The van der Waals surface area contributed by atoms with E-state index in [-0.39, 0.29) is 16.3 Å². The van der Waals surface area contributed by atoms with Gasteiger partial charge < -0.3 is 10.2 Å². The van der Waals surface area contributed by atoms with Crippen LogP contribution < -0.4 is 15.6 Å². The zero-order valence-electron chi connectivity index (χ0n) is 15.0. The second kappa shape index (κ2) is 7.25. The van der Waals surface area contributed by atoms with Gasteiger partial charge in [0.2, 0.25) is 0 Å². The lowest BCUT2D eigenvalue weighted by atomic mass is 9.84. The van der Waals surface area contributed by atoms with Gasteiger partial charge in [0.05, 0.1) is 5.69 Å². The van der Waals surface area contributed by atoms with Crippen LogP contribution in [0.3, 0.4) is 0 Å². The van der Waals surface area contributed by atoms with E-state index >= 15 is 0 Å². The first-order chi connectivity index (χ1) is 12.4. The summed E-state index contributed by atoms with van der Waals surface area (Å²) in [5.41, 5.74) is 6.53. The van der Waals surface area contributed by atoms with Crippen molar-refractivity contribution in [3.05, 3.63) is 71.7 Å². The SMILES string of the molecule is CN1C(=CC=NNC(=S)Nc2ccccc2F)C(C)(C)c2ccccc21. The smallest absolute Gasteiger partial charge is 0.191 e. The number of anilines is 2. The second-order valence-electron chi connectivity index (χ2n) is 6.58. The Hall–Kier alpha value is -2.73. The second-order valence-corrected chi connectivity index (χ2v) is 6.99. The van der Waals surface area contributed by atoms with Gasteiger partial charge in [0.25, 0.3) is 0 Å². The molecule has 0 atom stereocenters. The molecule has 0 aromatic heterocycles. The number of para-hydroxylation sites is 2. The lowest BCUT2D eigenvalue weighted by molar-refractivity contribution is 0.632. The molecule has 1 aliphatic rings. The lowest BCUT2D eigenvalue weighted by Crippen LogP contribution is -2.25. The Morgan fingerprint density at radius 3 is 2.58 bits per heavy atom. The van der Waals surface area contributed by atoms with Gasteiger partial charge in [0.1, 0.15) is 5.82 Å². The number of likely N-dealkylation sites (N-methyl/N-ethyl adjacent to an activating group) is 1. The minimum atomic E-state index is -0.366. The number of fused-ring (bicyclic) bond motifs is 1. The fourth-order valence-electron chi connectivity index (χ4n) is 3.22. The zero-order valence-corrected chi connectivity index (χ0v) is 15.8. The molecule has 0 radical (unpaired) electrons. The predicted molar refractivity (Wildman–Crippen MR) is 110 cm³/mol. The summed E-state index contributed by atoms with van der Waals surface area (Å²) in [7, 11) is 2.05. The van der Waals surface area contributed by atoms with Gasteiger partial charge in [0, 0.05) is 30.1 Å². The summed E-state index contributed by atoms with van der Waals surface area (Å²) in [5.74, 6) is -0.366. The number of hydrogen-bond donors (Lipinski definition) is 2. The average molecular weight is 368 g/mol. The minimum Gasteiger partial charge on any atom is -0.347 e. The van der Waals surface area contributed by atoms with Crippen LogP contribution in [0.1, 0.15) is 19.4 Å². The van der Waals surface area contributed by atoms with E-state index < -0.39 is 0 Å². The van der Waals surface area contributed by atoms with Gasteiger partial charge in [-0.25, -0.2) is 4.39 Å². The highest BCUT2D eigenvalue weighted by Gasteiger charge is 2.37. The molecule has 0 fully saturated rings. The molecule has 3 rings (SSSR count). The molecular weight excluding hydrogens is 347 g/mol. The minimum absolute atomic E-state index is 0.108. The highest BCUT2D eigenvalue weighted by molar-refractivity contribution is 7.80. The zero-order chi connectivity index (χ0) is 18.7. The molecule has 0 spiro atoms. The third kappa shape index (κ3) is 3.46. The van der Waals surface area contributed by atoms with Gasteiger partial charge in [0.15, 0.2) is 5.11 Å². The van der Waals surface area contributed by atoms with Crippen molar-refractivity contribution >= 4 is 34.9 Å². The van der Waals surface area contributed by atoms with Crippen molar-refractivity contribution in [2.45, 2.75) is 19.3 Å². The fraction of sp³-hybridized carbons (Fsp3) is 0.200. The van der Waals surface area contributed by atoms with E-state index in [0.717, 1.165) is 5.70 Å². The summed E-state index contributed by atoms with van der Waals surface area (Å²) in [6.45, 7) is 4.37. The van der Waals surface area contributed by atoms with E-state index in [1.54, 1.807) is 24.4 Å². The van der Waals surface area contributed by atoms with Crippen molar-refractivity contribution in [1.82, 2.24) is 5.43 Å². The third-order valence-electron chi connectivity index (χ3n) is 4.54. The van der Waals surface area contributed by atoms with Crippen LogP contribution in [0.5, 0.6) is 0 Å². The highest BCUT2D eigenvalue weighted by atomic mass is 32.1.